The van der Waals surface area contributed by atoms with Crippen molar-refractivity contribution in [2.45, 2.75) is 33.6 Å². The lowest BCUT2D eigenvalue weighted by Crippen LogP contribution is -2.50. The van der Waals surface area contributed by atoms with Crippen molar-refractivity contribution in [3.05, 3.63) is 29.3 Å². The van der Waals surface area contributed by atoms with Crippen molar-refractivity contribution in [3.63, 3.8) is 0 Å². The molecule has 0 aliphatic carbocycles. The molecule has 1 N–H and O–H groups in total. The van der Waals surface area contributed by atoms with Crippen molar-refractivity contribution in [3.8, 4) is 0 Å². The van der Waals surface area contributed by atoms with Gasteiger partial charge in [-0.1, -0.05) is 24.6 Å². The minimum absolute atomic E-state index is 0.112. The third kappa shape index (κ3) is 3.80. The summed E-state index contributed by atoms with van der Waals surface area (Å²) in [7, 11) is 0. The Bertz CT molecular complexity index is 572. The Hall–Kier alpha value is -1.55. The number of carbonyl (C=O) groups excluding carboxylic acids is 2. The Morgan fingerprint density at radius 1 is 1.36 bits per heavy atom. The standard InChI is InChI=1S/C17H23ClN2O2/c1-12-6-5-9-20(11-12)16(22)17(2,3)15(21)19-14-8-4-7-13(18)10-14/h4,7-8,10,12H,5-6,9,11H2,1-3H3,(H,19,21). The van der Waals surface area contributed by atoms with Gasteiger partial charge in [-0.25, -0.2) is 0 Å². The monoisotopic (exact) mass is 322 g/mol. The number of amides is 2. The van der Waals surface area contributed by atoms with Crippen LogP contribution in [-0.4, -0.2) is 29.8 Å². The summed E-state index contributed by atoms with van der Waals surface area (Å²) in [6, 6.07) is 6.93. The Kier molecular flexibility index (Phi) is 5.12. The summed E-state index contributed by atoms with van der Waals surface area (Å²) in [5.74, 6) is 0.0704. The largest absolute Gasteiger partial charge is 0.342 e. The van der Waals surface area contributed by atoms with Crippen LogP contribution in [0, 0.1) is 11.3 Å². The summed E-state index contributed by atoms with van der Waals surface area (Å²) < 4.78 is 0. The molecule has 1 aliphatic rings. The predicted octanol–water partition coefficient (Wildman–Crippen LogP) is 3.56. The van der Waals surface area contributed by atoms with Crippen molar-refractivity contribution < 1.29 is 9.59 Å². The molecule has 120 valence electrons. The summed E-state index contributed by atoms with van der Waals surface area (Å²) >= 11 is 5.92. The van der Waals surface area contributed by atoms with E-state index in [1.165, 1.54) is 0 Å². The van der Waals surface area contributed by atoms with E-state index in [4.69, 9.17) is 11.6 Å². The Labute approximate surface area is 136 Å². The molecule has 1 aromatic carbocycles. The highest BCUT2D eigenvalue weighted by Gasteiger charge is 2.40. The number of piperidine rings is 1. The van der Waals surface area contributed by atoms with Gasteiger partial charge in [0.2, 0.25) is 11.8 Å². The van der Waals surface area contributed by atoms with Gasteiger partial charge in [-0.2, -0.15) is 0 Å². The van der Waals surface area contributed by atoms with E-state index in [0.717, 1.165) is 25.9 Å². The van der Waals surface area contributed by atoms with Crippen LogP contribution >= 0.6 is 11.6 Å². The summed E-state index contributed by atoms with van der Waals surface area (Å²) in [6.07, 6.45) is 2.14. The Morgan fingerprint density at radius 3 is 2.73 bits per heavy atom. The lowest BCUT2D eigenvalue weighted by molar-refractivity contribution is -0.147. The van der Waals surface area contributed by atoms with Crippen LogP contribution in [-0.2, 0) is 9.59 Å². The summed E-state index contributed by atoms with van der Waals surface area (Å²) in [5.41, 5.74) is -0.496. The molecular weight excluding hydrogens is 300 g/mol. The van der Waals surface area contributed by atoms with Crippen LogP contribution in [0.4, 0.5) is 5.69 Å². The first-order chi connectivity index (χ1) is 10.3. The molecule has 0 radical (unpaired) electrons. The maximum absolute atomic E-state index is 12.7. The van der Waals surface area contributed by atoms with Gasteiger partial charge in [-0.3, -0.25) is 9.59 Å². The normalized spacial score (nSPS) is 18.9. The average molecular weight is 323 g/mol. The molecule has 0 aromatic heterocycles. The van der Waals surface area contributed by atoms with Crippen molar-refractivity contribution in [1.82, 2.24) is 4.90 Å². The second-order valence-corrected chi connectivity index (χ2v) is 7.02. The maximum Gasteiger partial charge on any atom is 0.239 e. The van der Waals surface area contributed by atoms with Gasteiger partial charge >= 0.3 is 0 Å². The summed E-state index contributed by atoms with van der Waals surface area (Å²) in [5, 5.41) is 3.33. The molecule has 1 heterocycles. The number of rotatable bonds is 3. The zero-order chi connectivity index (χ0) is 16.3. The first-order valence-electron chi connectivity index (χ1n) is 7.67. The number of hydrogen-bond acceptors (Lipinski definition) is 2. The average Bonchev–Trinajstić information content (AvgIpc) is 2.46. The topological polar surface area (TPSA) is 49.4 Å². The number of nitrogens with one attached hydrogen (secondary N) is 1. The van der Waals surface area contributed by atoms with E-state index in [0.29, 0.717) is 16.6 Å². The van der Waals surface area contributed by atoms with Crippen LogP contribution in [0.5, 0.6) is 0 Å². The Balaban J connectivity index is 2.07. The molecule has 2 rings (SSSR count). The highest BCUT2D eigenvalue weighted by Crippen LogP contribution is 2.26. The number of nitrogens with zero attached hydrogens (tertiary/aromatic N) is 1. The quantitative estimate of drug-likeness (QED) is 0.865. The molecule has 0 spiro atoms. The molecule has 1 atom stereocenters. The first kappa shape index (κ1) is 16.8. The van der Waals surface area contributed by atoms with E-state index in [1.54, 1.807) is 38.1 Å². The lowest BCUT2D eigenvalue weighted by atomic mass is 9.88. The molecule has 5 heteroatoms. The van der Waals surface area contributed by atoms with E-state index >= 15 is 0 Å². The van der Waals surface area contributed by atoms with Gasteiger partial charge < -0.3 is 10.2 Å². The third-order valence-electron chi connectivity index (χ3n) is 4.13. The smallest absolute Gasteiger partial charge is 0.239 e. The van der Waals surface area contributed by atoms with Crippen LogP contribution in [0.2, 0.25) is 5.02 Å². The van der Waals surface area contributed by atoms with Crippen LogP contribution in [0.1, 0.15) is 33.6 Å². The van der Waals surface area contributed by atoms with Crippen LogP contribution in [0.3, 0.4) is 0 Å². The highest BCUT2D eigenvalue weighted by molar-refractivity contribution is 6.31. The number of benzene rings is 1. The van der Waals surface area contributed by atoms with E-state index in [-0.39, 0.29) is 11.8 Å². The number of hydrogen-bond donors (Lipinski definition) is 1. The Morgan fingerprint density at radius 2 is 2.09 bits per heavy atom. The molecule has 1 aliphatic heterocycles. The van der Waals surface area contributed by atoms with Gasteiger partial charge in [0.25, 0.3) is 0 Å². The minimum Gasteiger partial charge on any atom is -0.342 e. The van der Waals surface area contributed by atoms with E-state index in [2.05, 4.69) is 12.2 Å². The molecule has 0 bridgehead atoms. The molecule has 1 fully saturated rings. The van der Waals surface area contributed by atoms with E-state index in [1.807, 2.05) is 4.90 Å². The van der Waals surface area contributed by atoms with Crippen molar-refractivity contribution >= 4 is 29.1 Å². The second-order valence-electron chi connectivity index (χ2n) is 6.59. The SMILES string of the molecule is CC1CCCN(C(=O)C(C)(C)C(=O)Nc2cccc(Cl)c2)C1. The van der Waals surface area contributed by atoms with Crippen LogP contribution in [0.15, 0.2) is 24.3 Å². The molecular formula is C17H23ClN2O2. The van der Waals surface area contributed by atoms with Crippen LogP contribution < -0.4 is 5.32 Å². The minimum atomic E-state index is -1.10. The summed E-state index contributed by atoms with van der Waals surface area (Å²) in [4.78, 5) is 27.0. The van der Waals surface area contributed by atoms with Crippen LogP contribution in [0.25, 0.3) is 0 Å². The van der Waals surface area contributed by atoms with Gasteiger partial charge in [0.1, 0.15) is 5.41 Å². The number of anilines is 1. The van der Waals surface area contributed by atoms with Gasteiger partial charge in [0.05, 0.1) is 0 Å². The number of halogens is 1. The fourth-order valence-corrected chi connectivity index (χ4v) is 2.91. The molecule has 1 aromatic rings. The number of carbonyl (C=O) groups is 2. The third-order valence-corrected chi connectivity index (χ3v) is 4.36. The molecule has 1 saturated heterocycles. The van der Waals surface area contributed by atoms with Crippen molar-refractivity contribution in [1.29, 1.82) is 0 Å². The zero-order valence-corrected chi connectivity index (χ0v) is 14.1. The fraction of sp³-hybridized carbons (Fsp3) is 0.529. The number of likely N-dealkylation sites (tertiary alicyclic amines) is 1. The van der Waals surface area contributed by atoms with E-state index in [9.17, 15) is 9.59 Å². The van der Waals surface area contributed by atoms with Gasteiger partial charge in [0.15, 0.2) is 0 Å². The molecule has 0 saturated carbocycles. The highest BCUT2D eigenvalue weighted by atomic mass is 35.5. The van der Waals surface area contributed by atoms with E-state index < -0.39 is 5.41 Å². The molecule has 22 heavy (non-hydrogen) atoms. The van der Waals surface area contributed by atoms with Gasteiger partial charge in [-0.15, -0.1) is 0 Å². The van der Waals surface area contributed by atoms with Gasteiger partial charge in [-0.05, 0) is 50.8 Å². The molecule has 1 unspecified atom stereocenters. The summed E-state index contributed by atoms with van der Waals surface area (Å²) in [6.45, 7) is 6.95. The fourth-order valence-electron chi connectivity index (χ4n) is 2.72. The second kappa shape index (κ2) is 6.69. The lowest BCUT2D eigenvalue weighted by Gasteiger charge is -2.36. The van der Waals surface area contributed by atoms with Gasteiger partial charge in [0, 0.05) is 23.8 Å². The molecule has 4 nitrogen and oxygen atoms in total. The predicted molar refractivity (Wildman–Crippen MR) is 88.8 cm³/mol. The maximum atomic E-state index is 12.7. The zero-order valence-electron chi connectivity index (χ0n) is 13.4. The first-order valence-corrected chi connectivity index (χ1v) is 8.05. The van der Waals surface area contributed by atoms with Crippen molar-refractivity contribution in [2.75, 3.05) is 18.4 Å². The molecule has 2 amide bonds. The van der Waals surface area contributed by atoms with Crippen molar-refractivity contribution in [2.24, 2.45) is 11.3 Å².